The Kier molecular flexibility index (Phi) is 7.15. The van der Waals surface area contributed by atoms with Gasteiger partial charge in [-0.3, -0.25) is 19.7 Å². The molecule has 2 N–H and O–H groups in total. The molecule has 3 rings (SSSR count). The molecule has 2 unspecified atom stereocenters. The molecule has 0 aromatic heterocycles. The summed E-state index contributed by atoms with van der Waals surface area (Å²) < 4.78 is 0. The van der Waals surface area contributed by atoms with Crippen LogP contribution in [0.3, 0.4) is 0 Å². The maximum absolute atomic E-state index is 12.9. The zero-order valence-corrected chi connectivity index (χ0v) is 16.1. The minimum atomic E-state index is -0.472. The van der Waals surface area contributed by atoms with Gasteiger partial charge in [-0.15, -0.1) is 12.4 Å². The molecule has 1 aromatic rings. The molecular weight excluding hydrogens is 372 g/mol. The number of likely N-dealkylation sites (tertiary alicyclic amines) is 1. The van der Waals surface area contributed by atoms with Gasteiger partial charge in [0.05, 0.1) is 4.92 Å². The van der Waals surface area contributed by atoms with Crippen molar-refractivity contribution in [2.45, 2.75) is 44.7 Å². The fraction of sp³-hybridized carbons (Fsp3) is 0.556. The summed E-state index contributed by atoms with van der Waals surface area (Å²) in [6.07, 6.45) is 3.39. The van der Waals surface area contributed by atoms with Crippen molar-refractivity contribution in [3.8, 4) is 0 Å². The minimum absolute atomic E-state index is 0. The number of nitro benzene ring substituents is 1. The lowest BCUT2D eigenvalue weighted by Crippen LogP contribution is -2.52. The number of halogens is 1. The van der Waals surface area contributed by atoms with Crippen LogP contribution in [-0.2, 0) is 4.79 Å². The molecule has 2 aliphatic heterocycles. The normalized spacial score (nSPS) is 22.0. The Morgan fingerprint density at radius 1 is 1.30 bits per heavy atom. The number of carbonyl (C=O) groups is 2. The molecule has 0 bridgehead atoms. The van der Waals surface area contributed by atoms with E-state index in [1.54, 1.807) is 11.8 Å². The van der Waals surface area contributed by atoms with Crippen molar-refractivity contribution in [2.24, 2.45) is 0 Å². The molecule has 0 radical (unpaired) electrons. The summed E-state index contributed by atoms with van der Waals surface area (Å²) in [4.78, 5) is 37.6. The second-order valence-corrected chi connectivity index (χ2v) is 6.97. The standard InChI is InChI=1S/C18H24N4O4.ClH/c1-12-10-13(6-7-15(12)22(25)26)18(24)21-9-3-5-16(21)17(23)20-14-4-2-8-19-11-14;/h6-7,10,14,16,19H,2-5,8-9,11H2,1H3,(H,20,23);1H. The number of hydrogen-bond donors (Lipinski definition) is 2. The number of nitro groups is 1. The summed E-state index contributed by atoms with van der Waals surface area (Å²) >= 11 is 0. The van der Waals surface area contributed by atoms with Crippen LogP contribution in [0, 0.1) is 17.0 Å². The van der Waals surface area contributed by atoms with Crippen LogP contribution >= 0.6 is 12.4 Å². The first-order chi connectivity index (χ1) is 12.5. The number of hydrogen-bond acceptors (Lipinski definition) is 5. The van der Waals surface area contributed by atoms with Crippen LogP contribution in [0.1, 0.15) is 41.6 Å². The van der Waals surface area contributed by atoms with Gasteiger partial charge in [0.2, 0.25) is 5.91 Å². The highest BCUT2D eigenvalue weighted by atomic mass is 35.5. The minimum Gasteiger partial charge on any atom is -0.350 e. The van der Waals surface area contributed by atoms with Crippen LogP contribution < -0.4 is 10.6 Å². The van der Waals surface area contributed by atoms with E-state index in [0.29, 0.717) is 24.1 Å². The van der Waals surface area contributed by atoms with Gasteiger partial charge < -0.3 is 15.5 Å². The average Bonchev–Trinajstić information content (AvgIpc) is 3.11. The Labute approximate surface area is 164 Å². The monoisotopic (exact) mass is 396 g/mol. The number of carbonyl (C=O) groups excluding carboxylic acids is 2. The lowest BCUT2D eigenvalue weighted by Gasteiger charge is -2.28. The van der Waals surface area contributed by atoms with Gasteiger partial charge >= 0.3 is 0 Å². The third-order valence-corrected chi connectivity index (χ3v) is 5.10. The van der Waals surface area contributed by atoms with Crippen molar-refractivity contribution in [1.29, 1.82) is 0 Å². The van der Waals surface area contributed by atoms with Crippen LogP contribution in [0.15, 0.2) is 18.2 Å². The van der Waals surface area contributed by atoms with Crippen LogP contribution in [0.4, 0.5) is 5.69 Å². The molecule has 2 amide bonds. The van der Waals surface area contributed by atoms with Crippen molar-refractivity contribution in [3.05, 3.63) is 39.4 Å². The van der Waals surface area contributed by atoms with E-state index >= 15 is 0 Å². The molecule has 0 spiro atoms. The molecule has 0 aliphatic carbocycles. The molecule has 2 saturated heterocycles. The molecule has 9 heteroatoms. The van der Waals surface area contributed by atoms with Gasteiger partial charge in [0.1, 0.15) is 6.04 Å². The van der Waals surface area contributed by atoms with E-state index in [1.807, 2.05) is 0 Å². The fourth-order valence-corrected chi connectivity index (χ4v) is 3.71. The number of amides is 2. The van der Waals surface area contributed by atoms with Crippen molar-refractivity contribution in [3.63, 3.8) is 0 Å². The first-order valence-electron chi connectivity index (χ1n) is 9.04. The van der Waals surface area contributed by atoms with Gasteiger partial charge in [0.25, 0.3) is 11.6 Å². The molecule has 8 nitrogen and oxygen atoms in total. The van der Waals surface area contributed by atoms with Gasteiger partial charge in [0, 0.05) is 36.3 Å². The summed E-state index contributed by atoms with van der Waals surface area (Å²) in [5.41, 5.74) is 0.809. The number of aryl methyl sites for hydroxylation is 1. The zero-order chi connectivity index (χ0) is 18.7. The average molecular weight is 397 g/mol. The van der Waals surface area contributed by atoms with E-state index in [2.05, 4.69) is 10.6 Å². The molecule has 2 aliphatic rings. The van der Waals surface area contributed by atoms with E-state index in [1.165, 1.54) is 18.2 Å². The lowest BCUT2D eigenvalue weighted by atomic mass is 10.1. The van der Waals surface area contributed by atoms with Crippen LogP contribution in [0.25, 0.3) is 0 Å². The molecule has 2 fully saturated rings. The molecule has 0 saturated carbocycles. The first kappa shape index (κ1) is 21.1. The van der Waals surface area contributed by atoms with Crippen molar-refractivity contribution < 1.29 is 14.5 Å². The number of rotatable bonds is 4. The SMILES string of the molecule is Cc1cc(C(=O)N2CCCC2C(=O)NC2CCCNC2)ccc1[N+](=O)[O-].Cl. The number of piperidine rings is 1. The second-order valence-electron chi connectivity index (χ2n) is 6.97. The highest BCUT2D eigenvalue weighted by Gasteiger charge is 2.35. The lowest BCUT2D eigenvalue weighted by molar-refractivity contribution is -0.385. The van der Waals surface area contributed by atoms with E-state index < -0.39 is 11.0 Å². The summed E-state index contributed by atoms with van der Waals surface area (Å²) in [6, 6.07) is 3.97. The maximum Gasteiger partial charge on any atom is 0.272 e. The van der Waals surface area contributed by atoms with Crippen molar-refractivity contribution in [2.75, 3.05) is 19.6 Å². The van der Waals surface area contributed by atoms with Gasteiger partial charge in [-0.1, -0.05) is 0 Å². The highest BCUT2D eigenvalue weighted by molar-refractivity contribution is 5.98. The predicted octanol–water partition coefficient (Wildman–Crippen LogP) is 1.80. The maximum atomic E-state index is 12.9. The van der Waals surface area contributed by atoms with Crippen LogP contribution in [0.5, 0.6) is 0 Å². The number of nitrogens with one attached hydrogen (secondary N) is 2. The molecule has 2 atom stereocenters. The predicted molar refractivity (Wildman–Crippen MR) is 103 cm³/mol. The summed E-state index contributed by atoms with van der Waals surface area (Å²) in [6.45, 7) is 3.86. The second kappa shape index (κ2) is 9.14. The van der Waals surface area contributed by atoms with E-state index in [0.717, 1.165) is 32.4 Å². The number of benzene rings is 1. The Balaban J connectivity index is 0.00000261. The summed E-state index contributed by atoms with van der Waals surface area (Å²) in [5.74, 6) is -0.356. The highest BCUT2D eigenvalue weighted by Crippen LogP contribution is 2.24. The fourth-order valence-electron chi connectivity index (χ4n) is 3.71. The van der Waals surface area contributed by atoms with Gasteiger partial charge in [0.15, 0.2) is 0 Å². The topological polar surface area (TPSA) is 105 Å². The third-order valence-electron chi connectivity index (χ3n) is 5.10. The Bertz CT molecular complexity index is 721. The van der Waals surface area contributed by atoms with E-state index in [-0.39, 0.29) is 36.0 Å². The Hall–Kier alpha value is -2.19. The Morgan fingerprint density at radius 2 is 2.07 bits per heavy atom. The third kappa shape index (κ3) is 4.75. The molecular formula is C18H25ClN4O4. The van der Waals surface area contributed by atoms with Crippen molar-refractivity contribution in [1.82, 2.24) is 15.5 Å². The van der Waals surface area contributed by atoms with E-state index in [9.17, 15) is 19.7 Å². The quantitative estimate of drug-likeness (QED) is 0.596. The van der Waals surface area contributed by atoms with Crippen LogP contribution in [0.2, 0.25) is 0 Å². The van der Waals surface area contributed by atoms with Crippen LogP contribution in [-0.4, -0.2) is 53.4 Å². The molecule has 148 valence electrons. The Morgan fingerprint density at radius 3 is 2.70 bits per heavy atom. The molecule has 27 heavy (non-hydrogen) atoms. The van der Waals surface area contributed by atoms with Crippen molar-refractivity contribution >= 4 is 29.9 Å². The van der Waals surface area contributed by atoms with Gasteiger partial charge in [-0.2, -0.15) is 0 Å². The first-order valence-corrected chi connectivity index (χ1v) is 9.04. The van der Waals surface area contributed by atoms with Gasteiger partial charge in [-0.25, -0.2) is 0 Å². The zero-order valence-electron chi connectivity index (χ0n) is 15.3. The number of nitrogens with zero attached hydrogens (tertiary/aromatic N) is 2. The van der Waals surface area contributed by atoms with E-state index in [4.69, 9.17) is 0 Å². The summed E-state index contributed by atoms with van der Waals surface area (Å²) in [7, 11) is 0. The molecule has 1 aromatic carbocycles. The summed E-state index contributed by atoms with van der Waals surface area (Å²) in [5, 5.41) is 17.3. The largest absolute Gasteiger partial charge is 0.350 e. The molecule has 2 heterocycles. The van der Waals surface area contributed by atoms with Gasteiger partial charge in [-0.05, 0) is 51.3 Å². The smallest absolute Gasteiger partial charge is 0.272 e.